The molecule has 1 aromatic rings. The van der Waals surface area contributed by atoms with E-state index in [-0.39, 0.29) is 17.2 Å². The number of rotatable bonds is 16. The summed E-state index contributed by atoms with van der Waals surface area (Å²) in [6.07, 6.45) is 16.9. The SMILES string of the molecule is CCCCCCCCCCCCCCCC(=O)Nc1cccc(C(=O)O)c1N. The number of nitrogens with two attached hydrogens (primary N) is 1. The molecule has 0 fully saturated rings. The number of carboxylic acid groups (broad SMARTS) is 1. The largest absolute Gasteiger partial charge is 0.478 e. The molecule has 1 aromatic carbocycles. The standard InChI is InChI=1S/C23H38N2O3/c1-2-3-4-5-6-7-8-9-10-11-12-13-14-18-21(26)25-20-17-15-16-19(22(20)24)23(27)28/h15-17H,2-14,18,24H2,1H3,(H,25,26)(H,27,28). The molecule has 1 amide bonds. The number of carbonyl (C=O) groups excluding carboxylic acids is 1. The first-order valence-corrected chi connectivity index (χ1v) is 11.0. The van der Waals surface area contributed by atoms with Gasteiger partial charge in [-0.15, -0.1) is 0 Å². The van der Waals surface area contributed by atoms with Gasteiger partial charge in [0.2, 0.25) is 5.91 Å². The lowest BCUT2D eigenvalue weighted by Crippen LogP contribution is -2.14. The van der Waals surface area contributed by atoms with Gasteiger partial charge >= 0.3 is 5.97 Å². The average molecular weight is 391 g/mol. The quantitative estimate of drug-likeness (QED) is 0.225. The maximum atomic E-state index is 12.0. The number of carbonyl (C=O) groups is 2. The van der Waals surface area contributed by atoms with Gasteiger partial charge in [0.15, 0.2) is 0 Å². The number of hydrogen-bond donors (Lipinski definition) is 3. The minimum absolute atomic E-state index is 0.0127. The number of benzene rings is 1. The van der Waals surface area contributed by atoms with Crippen LogP contribution in [0.3, 0.4) is 0 Å². The number of amides is 1. The van der Waals surface area contributed by atoms with Gasteiger partial charge in [-0.1, -0.05) is 90.0 Å². The fourth-order valence-electron chi connectivity index (χ4n) is 3.38. The number of hydrogen-bond acceptors (Lipinski definition) is 3. The average Bonchev–Trinajstić information content (AvgIpc) is 2.67. The molecule has 5 heteroatoms. The van der Waals surface area contributed by atoms with Gasteiger partial charge in [-0.2, -0.15) is 0 Å². The Balaban J connectivity index is 2.03. The zero-order valence-corrected chi connectivity index (χ0v) is 17.5. The molecule has 0 atom stereocenters. The minimum atomic E-state index is -1.09. The van der Waals surface area contributed by atoms with E-state index in [4.69, 9.17) is 10.8 Å². The molecule has 0 aromatic heterocycles. The lowest BCUT2D eigenvalue weighted by atomic mass is 10.0. The van der Waals surface area contributed by atoms with Gasteiger partial charge in [0.05, 0.1) is 16.9 Å². The number of nitrogens with one attached hydrogen (secondary N) is 1. The van der Waals surface area contributed by atoms with E-state index in [9.17, 15) is 9.59 Å². The number of para-hydroxylation sites is 1. The normalized spacial score (nSPS) is 10.8. The molecule has 1 rings (SSSR count). The van der Waals surface area contributed by atoms with E-state index in [0.29, 0.717) is 12.1 Å². The number of aromatic carboxylic acids is 1. The van der Waals surface area contributed by atoms with Gasteiger partial charge in [-0.05, 0) is 18.6 Å². The molecule has 4 N–H and O–H groups in total. The Labute approximate surface area is 170 Å². The molecule has 28 heavy (non-hydrogen) atoms. The molecule has 0 spiro atoms. The van der Waals surface area contributed by atoms with Crippen LogP contribution < -0.4 is 11.1 Å². The Kier molecular flexibility index (Phi) is 12.8. The number of nitrogen functional groups attached to an aromatic ring is 1. The van der Waals surface area contributed by atoms with Gasteiger partial charge in [0.1, 0.15) is 0 Å². The first-order valence-electron chi connectivity index (χ1n) is 11.0. The molecule has 5 nitrogen and oxygen atoms in total. The van der Waals surface area contributed by atoms with Crippen LogP contribution in [-0.2, 0) is 4.79 Å². The molecule has 0 saturated carbocycles. The zero-order valence-electron chi connectivity index (χ0n) is 17.5. The van der Waals surface area contributed by atoms with Crippen LogP contribution in [0, 0.1) is 0 Å². The molecule has 0 heterocycles. The molecular formula is C23H38N2O3. The topological polar surface area (TPSA) is 92.4 Å². The van der Waals surface area contributed by atoms with E-state index in [1.807, 2.05) is 0 Å². The predicted octanol–water partition coefficient (Wildman–Crippen LogP) is 6.39. The highest BCUT2D eigenvalue weighted by atomic mass is 16.4. The number of anilines is 2. The second kappa shape index (κ2) is 14.9. The highest BCUT2D eigenvalue weighted by molar-refractivity contribution is 6.01. The van der Waals surface area contributed by atoms with Crippen LogP contribution in [0.1, 0.15) is 107 Å². The molecule has 0 saturated heterocycles. The fraction of sp³-hybridized carbons (Fsp3) is 0.652. The maximum absolute atomic E-state index is 12.0. The van der Waals surface area contributed by atoms with Crippen molar-refractivity contribution in [2.75, 3.05) is 11.1 Å². The summed E-state index contributed by atoms with van der Waals surface area (Å²) in [4.78, 5) is 23.1. The lowest BCUT2D eigenvalue weighted by molar-refractivity contribution is -0.116. The van der Waals surface area contributed by atoms with Gasteiger partial charge in [-0.25, -0.2) is 4.79 Å². The van der Waals surface area contributed by atoms with Crippen molar-refractivity contribution in [1.82, 2.24) is 0 Å². The summed E-state index contributed by atoms with van der Waals surface area (Å²) in [5.41, 5.74) is 6.30. The van der Waals surface area contributed by atoms with Crippen LogP contribution in [0.15, 0.2) is 18.2 Å². The van der Waals surface area contributed by atoms with E-state index in [1.54, 1.807) is 12.1 Å². The molecule has 0 unspecified atom stereocenters. The van der Waals surface area contributed by atoms with Crippen LogP contribution in [-0.4, -0.2) is 17.0 Å². The van der Waals surface area contributed by atoms with Gasteiger partial charge in [0, 0.05) is 6.42 Å². The number of unbranched alkanes of at least 4 members (excludes halogenated alkanes) is 12. The summed E-state index contributed by atoms with van der Waals surface area (Å²) in [5.74, 6) is -1.21. The summed E-state index contributed by atoms with van der Waals surface area (Å²) in [6, 6.07) is 4.64. The third-order valence-electron chi connectivity index (χ3n) is 5.12. The van der Waals surface area contributed by atoms with Crippen LogP contribution in [0.5, 0.6) is 0 Å². The molecule has 0 aliphatic carbocycles. The third kappa shape index (κ3) is 10.3. The minimum Gasteiger partial charge on any atom is -0.478 e. The van der Waals surface area contributed by atoms with E-state index in [1.165, 1.54) is 76.7 Å². The van der Waals surface area contributed by atoms with Crippen molar-refractivity contribution in [3.8, 4) is 0 Å². The zero-order chi connectivity index (χ0) is 20.6. The van der Waals surface area contributed by atoms with Crippen LogP contribution in [0.25, 0.3) is 0 Å². The van der Waals surface area contributed by atoms with Crippen molar-refractivity contribution in [3.63, 3.8) is 0 Å². The van der Waals surface area contributed by atoms with Crippen molar-refractivity contribution in [2.24, 2.45) is 0 Å². The summed E-state index contributed by atoms with van der Waals surface area (Å²) in [5, 5.41) is 11.8. The Morgan fingerprint density at radius 1 is 0.857 bits per heavy atom. The van der Waals surface area contributed by atoms with Crippen molar-refractivity contribution < 1.29 is 14.7 Å². The molecule has 0 radical (unpaired) electrons. The first-order chi connectivity index (χ1) is 13.6. The number of carboxylic acids is 1. The molecule has 158 valence electrons. The van der Waals surface area contributed by atoms with Gasteiger partial charge in [0.25, 0.3) is 0 Å². The molecule has 0 aliphatic rings. The van der Waals surface area contributed by atoms with E-state index in [2.05, 4.69) is 12.2 Å². The summed E-state index contributed by atoms with van der Waals surface area (Å²) >= 11 is 0. The maximum Gasteiger partial charge on any atom is 0.337 e. The van der Waals surface area contributed by atoms with Crippen molar-refractivity contribution >= 4 is 23.3 Å². The van der Waals surface area contributed by atoms with E-state index in [0.717, 1.165) is 12.8 Å². The summed E-state index contributed by atoms with van der Waals surface area (Å²) in [6.45, 7) is 2.25. The Morgan fingerprint density at radius 3 is 1.86 bits per heavy atom. The predicted molar refractivity (Wildman–Crippen MR) is 117 cm³/mol. The van der Waals surface area contributed by atoms with Crippen molar-refractivity contribution in [2.45, 2.75) is 96.8 Å². The van der Waals surface area contributed by atoms with E-state index < -0.39 is 5.97 Å². The second-order valence-electron chi connectivity index (χ2n) is 7.61. The molecule has 0 bridgehead atoms. The van der Waals surface area contributed by atoms with Crippen molar-refractivity contribution in [3.05, 3.63) is 23.8 Å². The smallest absolute Gasteiger partial charge is 0.337 e. The Morgan fingerprint density at radius 2 is 1.36 bits per heavy atom. The van der Waals surface area contributed by atoms with E-state index >= 15 is 0 Å². The first kappa shape index (κ1) is 24.0. The highest BCUT2D eigenvalue weighted by Crippen LogP contribution is 2.23. The molecule has 0 aliphatic heterocycles. The second-order valence-corrected chi connectivity index (χ2v) is 7.61. The van der Waals surface area contributed by atoms with Gasteiger partial charge < -0.3 is 16.2 Å². The fourth-order valence-corrected chi connectivity index (χ4v) is 3.38. The third-order valence-corrected chi connectivity index (χ3v) is 5.12. The summed E-state index contributed by atoms with van der Waals surface area (Å²) in [7, 11) is 0. The van der Waals surface area contributed by atoms with Gasteiger partial charge in [-0.3, -0.25) is 4.79 Å². The Hall–Kier alpha value is -2.04. The lowest BCUT2D eigenvalue weighted by Gasteiger charge is -2.10. The summed E-state index contributed by atoms with van der Waals surface area (Å²) < 4.78 is 0. The molecular weight excluding hydrogens is 352 g/mol. The highest BCUT2D eigenvalue weighted by Gasteiger charge is 2.12. The van der Waals surface area contributed by atoms with Crippen LogP contribution in [0.4, 0.5) is 11.4 Å². The van der Waals surface area contributed by atoms with Crippen LogP contribution >= 0.6 is 0 Å². The van der Waals surface area contributed by atoms with Crippen LogP contribution in [0.2, 0.25) is 0 Å². The monoisotopic (exact) mass is 390 g/mol. The Bertz CT molecular complexity index is 587. The van der Waals surface area contributed by atoms with Crippen molar-refractivity contribution in [1.29, 1.82) is 0 Å².